The quantitative estimate of drug-likeness (QED) is 0.275. The first-order valence-corrected chi connectivity index (χ1v) is 23.0. The topological polar surface area (TPSA) is 0 Å². The van der Waals surface area contributed by atoms with Crippen LogP contribution in [0, 0.1) is 0 Å². The van der Waals surface area contributed by atoms with Crippen molar-refractivity contribution in [3.63, 3.8) is 0 Å². The van der Waals surface area contributed by atoms with E-state index in [2.05, 4.69) is 131 Å². The van der Waals surface area contributed by atoms with E-state index in [4.69, 9.17) is 0 Å². The summed E-state index contributed by atoms with van der Waals surface area (Å²) in [4.78, 5) is 3.38. The fourth-order valence-electron chi connectivity index (χ4n) is 4.17. The molecular formula is C22H28Br2Si3. The number of allylic oxidation sites excluding steroid dienone is 2. The zero-order valence-electron chi connectivity index (χ0n) is 17.0. The maximum absolute atomic E-state index is 4.33. The summed E-state index contributed by atoms with van der Waals surface area (Å²) in [7, 11) is -3.15. The van der Waals surface area contributed by atoms with Gasteiger partial charge in [0.1, 0.15) is 0 Å². The molecule has 0 saturated heterocycles. The van der Waals surface area contributed by atoms with Crippen LogP contribution in [-0.4, -0.2) is 21.5 Å². The summed E-state index contributed by atoms with van der Waals surface area (Å²) in [6.07, 6.45) is 0. The molecule has 0 atom stereocenters. The Morgan fingerprint density at radius 1 is 0.556 bits per heavy atom. The van der Waals surface area contributed by atoms with Crippen LogP contribution >= 0.6 is 30.6 Å². The third-order valence-corrected chi connectivity index (χ3v) is 26.2. The van der Waals surface area contributed by atoms with Crippen LogP contribution in [0.4, 0.5) is 0 Å². The number of hydrogen-bond acceptors (Lipinski definition) is 0. The average Bonchev–Trinajstić information content (AvgIpc) is 2.84. The third-order valence-electron chi connectivity index (χ3n) is 5.00. The molecule has 0 nitrogen and oxygen atoms in total. The highest BCUT2D eigenvalue weighted by atomic mass is 79.9. The molecule has 0 saturated carbocycles. The Labute approximate surface area is 183 Å². The molecule has 27 heavy (non-hydrogen) atoms. The van der Waals surface area contributed by atoms with E-state index in [1.54, 1.807) is 9.64 Å². The van der Waals surface area contributed by atoms with E-state index in [-0.39, 0.29) is 0 Å². The Kier molecular flexibility index (Phi) is 5.83. The monoisotopic (exact) mass is 534 g/mol. The SMILES string of the molecule is C[Si](C)(C)C1=C(c2ccccc2)C(c2ccccc2)=C([Si](C)(C)C)[Si]1(Br)Br. The summed E-state index contributed by atoms with van der Waals surface area (Å²) in [5.41, 5.74) is 5.72. The fraction of sp³-hybridized carbons (Fsp3) is 0.273. The van der Waals surface area contributed by atoms with Crippen molar-refractivity contribution in [2.75, 3.05) is 0 Å². The molecule has 2 aromatic rings. The van der Waals surface area contributed by atoms with Gasteiger partial charge in [-0.2, -0.15) is 0 Å². The lowest BCUT2D eigenvalue weighted by Gasteiger charge is -2.34. The Balaban J connectivity index is 2.48. The molecule has 1 heterocycles. The minimum absolute atomic E-state index is 1.36. The lowest BCUT2D eigenvalue weighted by Crippen LogP contribution is -2.44. The van der Waals surface area contributed by atoms with E-state index in [0.717, 1.165) is 0 Å². The second-order valence-electron chi connectivity index (χ2n) is 9.31. The molecule has 0 N–H and O–H groups in total. The largest absolute Gasteiger partial charge is 0.246 e. The number of halogens is 2. The molecule has 0 unspecified atom stereocenters. The van der Waals surface area contributed by atoms with Crippen LogP contribution in [-0.2, 0) is 0 Å². The maximum Gasteiger partial charge on any atom is 0.246 e. The lowest BCUT2D eigenvalue weighted by molar-refractivity contribution is 1.58. The van der Waals surface area contributed by atoms with Crippen LogP contribution in [0.25, 0.3) is 11.1 Å². The Morgan fingerprint density at radius 3 is 1.11 bits per heavy atom. The highest BCUT2D eigenvalue weighted by Crippen LogP contribution is 2.58. The second kappa shape index (κ2) is 7.41. The first kappa shape index (κ1) is 21.2. The van der Waals surface area contributed by atoms with Crippen LogP contribution in [0.5, 0.6) is 0 Å². The van der Waals surface area contributed by atoms with E-state index >= 15 is 0 Å². The predicted octanol–water partition coefficient (Wildman–Crippen LogP) is 7.97. The van der Waals surface area contributed by atoms with E-state index < -0.39 is 21.5 Å². The Morgan fingerprint density at radius 2 is 0.852 bits per heavy atom. The van der Waals surface area contributed by atoms with Crippen molar-refractivity contribution in [1.29, 1.82) is 0 Å². The van der Waals surface area contributed by atoms with Gasteiger partial charge in [0, 0.05) is 0 Å². The molecule has 5 heteroatoms. The molecule has 3 rings (SSSR count). The van der Waals surface area contributed by atoms with Gasteiger partial charge in [0.25, 0.3) is 0 Å². The van der Waals surface area contributed by atoms with Gasteiger partial charge in [-0.25, -0.2) is 0 Å². The first-order chi connectivity index (χ1) is 12.5. The van der Waals surface area contributed by atoms with Crippen molar-refractivity contribution < 1.29 is 0 Å². The van der Waals surface area contributed by atoms with Crippen LogP contribution in [0.3, 0.4) is 0 Å². The minimum Gasteiger partial charge on any atom is -0.100 e. The minimum atomic E-state index is -2.05. The molecule has 2 aromatic carbocycles. The van der Waals surface area contributed by atoms with Crippen LogP contribution in [0.1, 0.15) is 11.1 Å². The first-order valence-electron chi connectivity index (χ1n) is 9.45. The van der Waals surface area contributed by atoms with Gasteiger partial charge in [-0.05, 0) is 22.3 Å². The molecule has 142 valence electrons. The smallest absolute Gasteiger partial charge is 0.100 e. The molecule has 1 aliphatic rings. The maximum atomic E-state index is 4.33. The molecule has 1 aliphatic heterocycles. The van der Waals surface area contributed by atoms with Gasteiger partial charge < -0.3 is 0 Å². The van der Waals surface area contributed by atoms with Crippen molar-refractivity contribution in [2.24, 2.45) is 0 Å². The van der Waals surface area contributed by atoms with Gasteiger partial charge in [0.2, 0.25) is 5.31 Å². The van der Waals surface area contributed by atoms with E-state index in [9.17, 15) is 0 Å². The van der Waals surface area contributed by atoms with E-state index in [0.29, 0.717) is 0 Å². The molecule has 0 fully saturated rings. The molecule has 0 spiro atoms. The summed E-state index contributed by atoms with van der Waals surface area (Å²) in [5, 5.41) is -2.05. The molecule has 0 radical (unpaired) electrons. The fourth-order valence-corrected chi connectivity index (χ4v) is 40.1. The number of benzene rings is 2. The van der Waals surface area contributed by atoms with Gasteiger partial charge in [0.05, 0.1) is 16.1 Å². The van der Waals surface area contributed by atoms with Crippen molar-refractivity contribution in [2.45, 2.75) is 39.3 Å². The lowest BCUT2D eigenvalue weighted by atomic mass is 9.95. The van der Waals surface area contributed by atoms with Crippen molar-refractivity contribution in [1.82, 2.24) is 0 Å². The van der Waals surface area contributed by atoms with Gasteiger partial charge >= 0.3 is 0 Å². The van der Waals surface area contributed by atoms with E-state index in [1.807, 2.05) is 0 Å². The molecular weight excluding hydrogens is 508 g/mol. The van der Waals surface area contributed by atoms with Gasteiger partial charge in [-0.15, -0.1) is 30.6 Å². The zero-order valence-corrected chi connectivity index (χ0v) is 23.2. The van der Waals surface area contributed by atoms with Crippen molar-refractivity contribution >= 4 is 63.2 Å². The summed E-state index contributed by atoms with van der Waals surface area (Å²) < 4.78 is 0. The van der Waals surface area contributed by atoms with Gasteiger partial charge in [-0.3, -0.25) is 0 Å². The Bertz CT molecular complexity index is 825. The normalized spacial score (nSPS) is 17.6. The van der Waals surface area contributed by atoms with E-state index in [1.165, 1.54) is 22.3 Å². The van der Waals surface area contributed by atoms with Gasteiger partial charge in [-0.1, -0.05) is 110 Å². The third kappa shape index (κ3) is 3.99. The van der Waals surface area contributed by atoms with Crippen molar-refractivity contribution in [3.05, 3.63) is 81.4 Å². The van der Waals surface area contributed by atoms with Crippen molar-refractivity contribution in [3.8, 4) is 0 Å². The summed E-state index contributed by atoms with van der Waals surface area (Å²) in [6.45, 7) is 14.9. The highest BCUT2D eigenvalue weighted by Gasteiger charge is 2.53. The average molecular weight is 537 g/mol. The molecule has 0 bridgehead atoms. The number of rotatable bonds is 4. The van der Waals surface area contributed by atoms with Crippen LogP contribution in [0.2, 0.25) is 39.3 Å². The predicted molar refractivity (Wildman–Crippen MR) is 137 cm³/mol. The van der Waals surface area contributed by atoms with Crippen LogP contribution < -0.4 is 0 Å². The summed E-state index contributed by atoms with van der Waals surface area (Å²) in [6, 6.07) is 22.1. The summed E-state index contributed by atoms with van der Waals surface area (Å²) >= 11 is 8.66. The molecule has 0 aliphatic carbocycles. The van der Waals surface area contributed by atoms with Crippen LogP contribution in [0.15, 0.2) is 70.3 Å². The van der Waals surface area contributed by atoms with Gasteiger partial charge in [0.15, 0.2) is 0 Å². The molecule has 0 aromatic heterocycles. The number of hydrogen-bond donors (Lipinski definition) is 0. The molecule has 0 amide bonds. The highest BCUT2D eigenvalue weighted by molar-refractivity contribution is 9.52. The zero-order chi connectivity index (χ0) is 20.0. The standard InChI is InChI=1S/C22H28Br2Si3/c1-25(2,3)21-19(17-13-9-7-10-14-17)20(18-15-11-8-12-16-18)22(26(4,5)6)27(21,23)24/h7-16H,1-6H3. The second-order valence-corrected chi connectivity index (χ2v) is 32.8. The Hall–Kier alpha value is -0.469. The summed E-state index contributed by atoms with van der Waals surface area (Å²) in [5.74, 6) is 0.